The van der Waals surface area contributed by atoms with E-state index < -0.39 is 0 Å². The van der Waals surface area contributed by atoms with Gasteiger partial charge in [0, 0.05) is 31.4 Å². The van der Waals surface area contributed by atoms with Gasteiger partial charge in [-0.3, -0.25) is 4.99 Å². The van der Waals surface area contributed by atoms with Crippen LogP contribution in [0.3, 0.4) is 0 Å². The maximum absolute atomic E-state index is 4.72. The maximum atomic E-state index is 4.72. The SMILES string of the molecule is CCNC(=NCCCN1CCCCCC1)NCCc1csc(CC)n1. The molecule has 0 radical (unpaired) electrons. The molecule has 6 heteroatoms. The number of nitrogens with zero attached hydrogens (tertiary/aromatic N) is 3. The van der Waals surface area contributed by atoms with Gasteiger partial charge in [0.25, 0.3) is 0 Å². The average molecular weight is 366 g/mol. The molecule has 5 nitrogen and oxygen atoms in total. The molecule has 1 fully saturated rings. The summed E-state index contributed by atoms with van der Waals surface area (Å²) in [6.07, 6.45) is 8.66. The van der Waals surface area contributed by atoms with Crippen LogP contribution < -0.4 is 10.6 Å². The smallest absolute Gasteiger partial charge is 0.191 e. The van der Waals surface area contributed by atoms with Gasteiger partial charge in [-0.05, 0) is 52.2 Å². The molecule has 0 saturated carbocycles. The van der Waals surface area contributed by atoms with Crippen molar-refractivity contribution in [1.82, 2.24) is 20.5 Å². The average Bonchev–Trinajstić information content (AvgIpc) is 2.92. The first-order valence-electron chi connectivity index (χ1n) is 9.99. The summed E-state index contributed by atoms with van der Waals surface area (Å²) in [6.45, 7) is 10.7. The van der Waals surface area contributed by atoms with E-state index in [0.717, 1.165) is 44.9 Å². The van der Waals surface area contributed by atoms with E-state index in [1.807, 2.05) is 0 Å². The van der Waals surface area contributed by atoms with Crippen molar-refractivity contribution in [2.45, 2.75) is 58.8 Å². The Kier molecular flexibility index (Phi) is 9.89. The fraction of sp³-hybridized carbons (Fsp3) is 0.789. The van der Waals surface area contributed by atoms with Gasteiger partial charge in [0.05, 0.1) is 10.7 Å². The van der Waals surface area contributed by atoms with Crippen LogP contribution in [-0.2, 0) is 12.8 Å². The first kappa shape index (κ1) is 20.2. The molecule has 0 unspecified atom stereocenters. The van der Waals surface area contributed by atoms with Gasteiger partial charge >= 0.3 is 0 Å². The molecule has 0 atom stereocenters. The summed E-state index contributed by atoms with van der Waals surface area (Å²) in [5.41, 5.74) is 1.19. The van der Waals surface area contributed by atoms with Gasteiger partial charge < -0.3 is 15.5 Å². The Morgan fingerprint density at radius 2 is 2.00 bits per heavy atom. The van der Waals surface area contributed by atoms with Gasteiger partial charge in [-0.1, -0.05) is 19.8 Å². The monoisotopic (exact) mass is 365 g/mol. The molecular formula is C19H35N5S. The predicted octanol–water partition coefficient (Wildman–Crippen LogP) is 3.07. The van der Waals surface area contributed by atoms with Crippen molar-refractivity contribution < 1.29 is 0 Å². The highest BCUT2D eigenvalue weighted by molar-refractivity contribution is 7.09. The first-order chi connectivity index (χ1) is 12.3. The lowest BCUT2D eigenvalue weighted by Gasteiger charge is -2.19. The molecule has 142 valence electrons. The molecule has 2 rings (SSSR count). The predicted molar refractivity (Wildman–Crippen MR) is 109 cm³/mol. The van der Waals surface area contributed by atoms with E-state index >= 15 is 0 Å². The number of guanidine groups is 1. The van der Waals surface area contributed by atoms with Crippen LogP contribution in [0.2, 0.25) is 0 Å². The first-order valence-corrected chi connectivity index (χ1v) is 10.9. The number of nitrogens with one attached hydrogen (secondary N) is 2. The Morgan fingerprint density at radius 3 is 2.68 bits per heavy atom. The minimum atomic E-state index is 0.880. The highest BCUT2D eigenvalue weighted by Crippen LogP contribution is 2.10. The summed E-state index contributed by atoms with van der Waals surface area (Å²) in [7, 11) is 0. The zero-order chi connectivity index (χ0) is 17.7. The number of aromatic nitrogens is 1. The van der Waals surface area contributed by atoms with Gasteiger partial charge in [-0.15, -0.1) is 11.3 Å². The second kappa shape index (κ2) is 12.3. The summed E-state index contributed by atoms with van der Waals surface area (Å²) in [5, 5.41) is 10.2. The van der Waals surface area contributed by atoms with Crippen LogP contribution in [0.25, 0.3) is 0 Å². The van der Waals surface area contributed by atoms with Crippen molar-refractivity contribution in [3.05, 3.63) is 16.1 Å². The topological polar surface area (TPSA) is 52.6 Å². The highest BCUT2D eigenvalue weighted by Gasteiger charge is 2.08. The lowest BCUT2D eigenvalue weighted by Crippen LogP contribution is -2.38. The van der Waals surface area contributed by atoms with Crippen LogP contribution in [0.4, 0.5) is 0 Å². The van der Waals surface area contributed by atoms with Crippen molar-refractivity contribution in [2.75, 3.05) is 39.3 Å². The Labute approximate surface area is 157 Å². The van der Waals surface area contributed by atoms with Gasteiger partial charge in [-0.2, -0.15) is 0 Å². The number of hydrogen-bond donors (Lipinski definition) is 2. The number of aliphatic imine (C=N–C) groups is 1. The molecule has 0 amide bonds. The summed E-state index contributed by atoms with van der Waals surface area (Å²) < 4.78 is 0. The molecule has 0 bridgehead atoms. The number of thiazole rings is 1. The van der Waals surface area contributed by atoms with Crippen molar-refractivity contribution in [1.29, 1.82) is 0 Å². The van der Waals surface area contributed by atoms with E-state index in [1.165, 1.54) is 56.0 Å². The van der Waals surface area contributed by atoms with E-state index in [-0.39, 0.29) is 0 Å². The second-order valence-corrected chi connectivity index (χ2v) is 7.58. The molecule has 1 saturated heterocycles. The van der Waals surface area contributed by atoms with Gasteiger partial charge in [0.1, 0.15) is 0 Å². The Morgan fingerprint density at radius 1 is 1.20 bits per heavy atom. The van der Waals surface area contributed by atoms with E-state index in [1.54, 1.807) is 11.3 Å². The molecule has 0 aromatic carbocycles. The second-order valence-electron chi connectivity index (χ2n) is 6.63. The molecule has 2 N–H and O–H groups in total. The normalized spacial score (nSPS) is 16.6. The fourth-order valence-electron chi connectivity index (χ4n) is 3.12. The van der Waals surface area contributed by atoms with E-state index in [2.05, 4.69) is 39.7 Å². The zero-order valence-electron chi connectivity index (χ0n) is 16.0. The molecule has 0 spiro atoms. The molecule has 25 heavy (non-hydrogen) atoms. The quantitative estimate of drug-likeness (QED) is 0.401. The van der Waals surface area contributed by atoms with E-state index in [0.29, 0.717) is 0 Å². The molecule has 1 aliphatic heterocycles. The van der Waals surface area contributed by atoms with Crippen molar-refractivity contribution in [2.24, 2.45) is 4.99 Å². The van der Waals surface area contributed by atoms with Gasteiger partial charge in [0.15, 0.2) is 5.96 Å². The molecule has 1 aromatic heterocycles. The van der Waals surface area contributed by atoms with Crippen LogP contribution in [0.15, 0.2) is 10.4 Å². The van der Waals surface area contributed by atoms with Crippen molar-refractivity contribution in [3.8, 4) is 0 Å². The molecular weight excluding hydrogens is 330 g/mol. The van der Waals surface area contributed by atoms with Crippen molar-refractivity contribution in [3.63, 3.8) is 0 Å². The largest absolute Gasteiger partial charge is 0.357 e. The maximum Gasteiger partial charge on any atom is 0.191 e. The number of hydrogen-bond acceptors (Lipinski definition) is 4. The third-order valence-corrected chi connectivity index (χ3v) is 5.56. The molecule has 2 heterocycles. The lowest BCUT2D eigenvalue weighted by molar-refractivity contribution is 0.283. The Hall–Kier alpha value is -1.14. The summed E-state index contributed by atoms with van der Waals surface area (Å²) in [5.74, 6) is 0.935. The van der Waals surface area contributed by atoms with E-state index in [9.17, 15) is 0 Å². The number of rotatable bonds is 9. The van der Waals surface area contributed by atoms with Crippen LogP contribution in [0, 0.1) is 0 Å². The lowest BCUT2D eigenvalue weighted by atomic mass is 10.2. The third-order valence-electron chi connectivity index (χ3n) is 4.52. The third kappa shape index (κ3) is 8.19. The summed E-state index contributed by atoms with van der Waals surface area (Å²) >= 11 is 1.76. The summed E-state index contributed by atoms with van der Waals surface area (Å²) in [6, 6.07) is 0. The molecule has 1 aromatic rings. The molecule has 1 aliphatic rings. The minimum absolute atomic E-state index is 0.880. The van der Waals surface area contributed by atoms with Gasteiger partial charge in [0.2, 0.25) is 0 Å². The zero-order valence-corrected chi connectivity index (χ0v) is 16.8. The summed E-state index contributed by atoms with van der Waals surface area (Å²) in [4.78, 5) is 12.0. The standard InChI is InChI=1S/C19H35N5S/c1-3-18-23-17(16-25-18)10-12-22-19(20-4-2)21-11-9-15-24-13-7-5-6-8-14-24/h16H,3-15H2,1-2H3,(H2,20,21,22). The van der Waals surface area contributed by atoms with Crippen LogP contribution >= 0.6 is 11.3 Å². The van der Waals surface area contributed by atoms with Crippen LogP contribution in [0.1, 0.15) is 56.7 Å². The number of aryl methyl sites for hydroxylation is 1. The van der Waals surface area contributed by atoms with Gasteiger partial charge in [-0.25, -0.2) is 4.98 Å². The highest BCUT2D eigenvalue weighted by atomic mass is 32.1. The Balaban J connectivity index is 1.66. The Bertz CT molecular complexity index is 492. The number of likely N-dealkylation sites (tertiary alicyclic amines) is 1. The van der Waals surface area contributed by atoms with Crippen molar-refractivity contribution >= 4 is 17.3 Å². The minimum Gasteiger partial charge on any atom is -0.357 e. The van der Waals surface area contributed by atoms with Crippen LogP contribution in [0.5, 0.6) is 0 Å². The van der Waals surface area contributed by atoms with E-state index in [4.69, 9.17) is 4.99 Å². The molecule has 0 aliphatic carbocycles. The van der Waals surface area contributed by atoms with Crippen LogP contribution in [-0.4, -0.2) is 55.1 Å². The fourth-order valence-corrected chi connectivity index (χ4v) is 3.90.